The van der Waals surface area contributed by atoms with Crippen molar-refractivity contribution in [1.29, 1.82) is 0 Å². The number of methoxy groups -OCH3 is 1. The van der Waals surface area contributed by atoms with E-state index in [4.69, 9.17) is 4.74 Å². The molecule has 0 radical (unpaired) electrons. The number of rotatable bonds is 10. The SMILES string of the molecule is CCC[C@@H]1C=C[C@H]2[C@H](C(=O)N([C@@H](CO)[C@@H](C)CC)[C@@H]2C(=O)Nc2ccc(OC)cc2)[C@@H]1C(=O)NC. The summed E-state index contributed by atoms with van der Waals surface area (Å²) in [5.74, 6) is -1.84. The molecule has 8 nitrogen and oxygen atoms in total. The molecule has 8 heteroatoms. The van der Waals surface area contributed by atoms with Crippen LogP contribution in [0.5, 0.6) is 5.75 Å². The van der Waals surface area contributed by atoms with Crippen LogP contribution < -0.4 is 15.4 Å². The van der Waals surface area contributed by atoms with Crippen molar-refractivity contribution in [3.63, 3.8) is 0 Å². The molecule has 0 bridgehead atoms. The highest BCUT2D eigenvalue weighted by atomic mass is 16.5. The fourth-order valence-electron chi connectivity index (χ4n) is 5.64. The zero-order valence-electron chi connectivity index (χ0n) is 21.4. The normalized spacial score (nSPS) is 27.2. The average molecular weight is 486 g/mol. The van der Waals surface area contributed by atoms with E-state index in [-0.39, 0.29) is 36.2 Å². The summed E-state index contributed by atoms with van der Waals surface area (Å²) >= 11 is 0. The third-order valence-corrected chi connectivity index (χ3v) is 7.69. The predicted molar refractivity (Wildman–Crippen MR) is 135 cm³/mol. The maximum atomic E-state index is 14.0. The van der Waals surface area contributed by atoms with Crippen LogP contribution in [0.1, 0.15) is 40.0 Å². The summed E-state index contributed by atoms with van der Waals surface area (Å²) in [5, 5.41) is 16.0. The maximum Gasteiger partial charge on any atom is 0.247 e. The van der Waals surface area contributed by atoms with Crippen molar-refractivity contribution in [2.24, 2.45) is 29.6 Å². The number of ether oxygens (including phenoxy) is 1. The lowest BCUT2D eigenvalue weighted by Crippen LogP contribution is -2.52. The van der Waals surface area contributed by atoms with Crippen LogP contribution in [0.25, 0.3) is 0 Å². The number of aliphatic hydroxyl groups is 1. The Morgan fingerprint density at radius 2 is 1.83 bits per heavy atom. The van der Waals surface area contributed by atoms with Gasteiger partial charge in [0.2, 0.25) is 17.7 Å². The Hall–Kier alpha value is -2.87. The minimum atomic E-state index is -0.827. The summed E-state index contributed by atoms with van der Waals surface area (Å²) in [7, 11) is 3.16. The van der Waals surface area contributed by atoms with Gasteiger partial charge >= 0.3 is 0 Å². The summed E-state index contributed by atoms with van der Waals surface area (Å²) in [6.45, 7) is 5.77. The van der Waals surface area contributed by atoms with Gasteiger partial charge in [0.15, 0.2) is 0 Å². The van der Waals surface area contributed by atoms with Gasteiger partial charge < -0.3 is 25.4 Å². The van der Waals surface area contributed by atoms with Gasteiger partial charge in [-0.3, -0.25) is 14.4 Å². The molecular weight excluding hydrogens is 446 g/mol. The molecule has 3 rings (SSSR count). The second-order valence-corrected chi connectivity index (χ2v) is 9.62. The van der Waals surface area contributed by atoms with Crippen LogP contribution in [0, 0.1) is 29.6 Å². The lowest BCUT2D eigenvalue weighted by atomic mass is 9.68. The molecule has 1 aliphatic carbocycles. The molecule has 35 heavy (non-hydrogen) atoms. The third-order valence-electron chi connectivity index (χ3n) is 7.69. The predicted octanol–water partition coefficient (Wildman–Crippen LogP) is 2.83. The molecule has 1 aliphatic heterocycles. The van der Waals surface area contributed by atoms with Crippen molar-refractivity contribution in [3.05, 3.63) is 36.4 Å². The fraction of sp³-hybridized carbons (Fsp3) is 0.593. The van der Waals surface area contributed by atoms with Crippen LogP contribution in [0.3, 0.4) is 0 Å². The monoisotopic (exact) mass is 485 g/mol. The highest BCUT2D eigenvalue weighted by Gasteiger charge is 2.58. The van der Waals surface area contributed by atoms with Crippen molar-refractivity contribution in [1.82, 2.24) is 10.2 Å². The van der Waals surface area contributed by atoms with Gasteiger partial charge in [-0.2, -0.15) is 0 Å². The van der Waals surface area contributed by atoms with Gasteiger partial charge in [-0.05, 0) is 42.5 Å². The highest BCUT2D eigenvalue weighted by Crippen LogP contribution is 2.46. The zero-order chi connectivity index (χ0) is 25.7. The van der Waals surface area contributed by atoms with Crippen molar-refractivity contribution in [2.45, 2.75) is 52.1 Å². The first-order chi connectivity index (χ1) is 16.8. The molecule has 3 N–H and O–H groups in total. The van der Waals surface area contributed by atoms with Gasteiger partial charge in [0.1, 0.15) is 11.8 Å². The smallest absolute Gasteiger partial charge is 0.247 e. The molecule has 0 aromatic heterocycles. The van der Waals surface area contributed by atoms with Gasteiger partial charge in [0.25, 0.3) is 0 Å². The number of nitrogens with one attached hydrogen (secondary N) is 2. The Bertz CT molecular complexity index is 931. The first kappa shape index (κ1) is 26.7. The van der Waals surface area contributed by atoms with Gasteiger partial charge in [-0.15, -0.1) is 0 Å². The highest BCUT2D eigenvalue weighted by molar-refractivity contribution is 6.02. The van der Waals surface area contributed by atoms with E-state index in [2.05, 4.69) is 17.6 Å². The molecule has 2 aliphatic rings. The van der Waals surface area contributed by atoms with Crippen LogP contribution >= 0.6 is 0 Å². The number of allylic oxidation sites excluding steroid dienone is 1. The van der Waals surface area contributed by atoms with E-state index in [0.717, 1.165) is 19.3 Å². The Morgan fingerprint density at radius 1 is 1.14 bits per heavy atom. The molecule has 3 amide bonds. The molecule has 1 aromatic rings. The summed E-state index contributed by atoms with van der Waals surface area (Å²) in [6, 6.07) is 5.65. The van der Waals surface area contributed by atoms with E-state index < -0.39 is 29.8 Å². The molecule has 1 fully saturated rings. The summed E-state index contributed by atoms with van der Waals surface area (Å²) in [6.07, 6.45) is 6.36. The minimum Gasteiger partial charge on any atom is -0.497 e. The number of hydrogen-bond donors (Lipinski definition) is 3. The lowest BCUT2D eigenvalue weighted by molar-refractivity contribution is -0.143. The number of amides is 3. The second kappa shape index (κ2) is 11.7. The first-order valence-corrected chi connectivity index (χ1v) is 12.6. The lowest BCUT2D eigenvalue weighted by Gasteiger charge is -2.36. The van der Waals surface area contributed by atoms with Gasteiger partial charge in [-0.1, -0.05) is 45.8 Å². The number of hydrogen-bond acceptors (Lipinski definition) is 5. The van der Waals surface area contributed by atoms with Crippen LogP contribution in [-0.4, -0.2) is 60.6 Å². The summed E-state index contributed by atoms with van der Waals surface area (Å²) in [4.78, 5) is 42.3. The number of carbonyl (C=O) groups excluding carboxylic acids is 3. The molecule has 0 saturated carbocycles. The Kier molecular flexibility index (Phi) is 8.94. The van der Waals surface area contributed by atoms with Gasteiger partial charge in [-0.25, -0.2) is 0 Å². The fourth-order valence-corrected chi connectivity index (χ4v) is 5.64. The quantitative estimate of drug-likeness (QED) is 0.442. The van der Waals surface area contributed by atoms with E-state index in [9.17, 15) is 19.5 Å². The molecule has 1 aromatic carbocycles. The van der Waals surface area contributed by atoms with Crippen LogP contribution in [-0.2, 0) is 14.4 Å². The minimum absolute atomic E-state index is 0.0192. The molecule has 192 valence electrons. The molecule has 0 spiro atoms. The number of aliphatic hydroxyl groups excluding tert-OH is 1. The Labute approximate surface area is 208 Å². The molecular formula is C27H39N3O5. The van der Waals surface area contributed by atoms with Gasteiger partial charge in [0, 0.05) is 18.7 Å². The molecule has 1 saturated heterocycles. The summed E-state index contributed by atoms with van der Waals surface area (Å²) < 4.78 is 5.19. The van der Waals surface area contributed by atoms with Crippen molar-refractivity contribution in [3.8, 4) is 5.75 Å². The van der Waals surface area contributed by atoms with Gasteiger partial charge in [0.05, 0.1) is 31.6 Å². The molecule has 7 atom stereocenters. The third kappa shape index (κ3) is 5.22. The number of nitrogens with zero attached hydrogens (tertiary/aromatic N) is 1. The Balaban J connectivity index is 2.04. The number of anilines is 1. The number of likely N-dealkylation sites (tertiary alicyclic amines) is 1. The van der Waals surface area contributed by atoms with Crippen molar-refractivity contribution in [2.75, 3.05) is 26.1 Å². The van der Waals surface area contributed by atoms with E-state index in [1.165, 1.54) is 0 Å². The topological polar surface area (TPSA) is 108 Å². The number of benzene rings is 1. The standard InChI is InChI=1S/C27H39N3O5/c1-6-8-17-9-14-20-23(22(17)25(32)28-4)27(34)30(21(15-31)16(3)7-2)24(20)26(33)29-18-10-12-19(35-5)13-11-18/h9-14,16-17,20-24,31H,6-8,15H2,1-5H3,(H,28,32)(H,29,33)/t16-,17+,20-,21-,22+,23-,24-/m0/s1. The van der Waals surface area contributed by atoms with Crippen LogP contribution in [0.15, 0.2) is 36.4 Å². The zero-order valence-corrected chi connectivity index (χ0v) is 21.4. The number of carbonyl (C=O) groups is 3. The van der Waals surface area contributed by atoms with Crippen LogP contribution in [0.4, 0.5) is 5.69 Å². The number of fused-ring (bicyclic) bond motifs is 1. The Morgan fingerprint density at radius 3 is 2.37 bits per heavy atom. The van der Waals surface area contributed by atoms with Crippen molar-refractivity contribution < 1.29 is 24.2 Å². The average Bonchev–Trinajstić information content (AvgIpc) is 3.16. The first-order valence-electron chi connectivity index (χ1n) is 12.6. The second-order valence-electron chi connectivity index (χ2n) is 9.62. The van der Waals surface area contributed by atoms with E-state index >= 15 is 0 Å². The summed E-state index contributed by atoms with van der Waals surface area (Å²) in [5.41, 5.74) is 0.585. The van der Waals surface area contributed by atoms with Crippen molar-refractivity contribution >= 4 is 23.4 Å². The van der Waals surface area contributed by atoms with Crippen LogP contribution in [0.2, 0.25) is 0 Å². The maximum absolute atomic E-state index is 14.0. The van der Waals surface area contributed by atoms with E-state index in [1.54, 1.807) is 43.3 Å². The largest absolute Gasteiger partial charge is 0.497 e. The molecule has 1 heterocycles. The molecule has 0 unspecified atom stereocenters. The van der Waals surface area contributed by atoms with E-state index in [0.29, 0.717) is 11.4 Å². The van der Waals surface area contributed by atoms with E-state index in [1.807, 2.05) is 26.0 Å².